The Labute approximate surface area is 154 Å². The molecule has 25 heavy (non-hydrogen) atoms. The van der Waals surface area contributed by atoms with Gasteiger partial charge in [-0.05, 0) is 34.9 Å². The Morgan fingerprint density at radius 2 is 1.56 bits per heavy atom. The SMILES string of the molecule is N[C@H](c1ccc(Cl)c(Cl)c1)[C@@H](O)c1ccc(-c2cncc(F)c2)cc1. The minimum atomic E-state index is -0.920. The highest BCUT2D eigenvalue weighted by molar-refractivity contribution is 6.42. The van der Waals surface area contributed by atoms with Crippen LogP contribution in [0.2, 0.25) is 10.0 Å². The second-order valence-electron chi connectivity index (χ2n) is 5.66. The van der Waals surface area contributed by atoms with Gasteiger partial charge in [0.05, 0.1) is 28.4 Å². The van der Waals surface area contributed by atoms with Crippen LogP contribution in [0.3, 0.4) is 0 Å². The lowest BCUT2D eigenvalue weighted by Crippen LogP contribution is -2.19. The lowest BCUT2D eigenvalue weighted by molar-refractivity contribution is 0.147. The maximum absolute atomic E-state index is 13.3. The monoisotopic (exact) mass is 376 g/mol. The highest BCUT2D eigenvalue weighted by atomic mass is 35.5. The van der Waals surface area contributed by atoms with Gasteiger partial charge >= 0.3 is 0 Å². The summed E-state index contributed by atoms with van der Waals surface area (Å²) in [5.74, 6) is -0.400. The molecule has 0 unspecified atom stereocenters. The number of benzene rings is 2. The van der Waals surface area contributed by atoms with E-state index >= 15 is 0 Å². The van der Waals surface area contributed by atoms with Crippen molar-refractivity contribution in [3.8, 4) is 11.1 Å². The van der Waals surface area contributed by atoms with E-state index in [2.05, 4.69) is 4.98 Å². The third kappa shape index (κ3) is 3.99. The average Bonchev–Trinajstić information content (AvgIpc) is 2.63. The number of pyridine rings is 1. The molecule has 6 heteroatoms. The van der Waals surface area contributed by atoms with Crippen molar-refractivity contribution in [1.29, 1.82) is 0 Å². The zero-order valence-corrected chi connectivity index (χ0v) is 14.5. The maximum atomic E-state index is 13.3. The second-order valence-corrected chi connectivity index (χ2v) is 6.47. The molecule has 1 heterocycles. The molecule has 2 aromatic carbocycles. The van der Waals surface area contributed by atoms with Crippen LogP contribution in [0.1, 0.15) is 23.3 Å². The lowest BCUT2D eigenvalue weighted by atomic mass is 9.95. The number of rotatable bonds is 4. The molecule has 3 rings (SSSR count). The molecule has 0 spiro atoms. The summed E-state index contributed by atoms with van der Waals surface area (Å²) in [6.07, 6.45) is 1.81. The third-order valence-corrected chi connectivity index (χ3v) is 4.70. The van der Waals surface area contributed by atoms with E-state index in [1.54, 1.807) is 48.7 Å². The fraction of sp³-hybridized carbons (Fsp3) is 0.105. The van der Waals surface area contributed by atoms with Crippen LogP contribution in [-0.4, -0.2) is 10.1 Å². The first kappa shape index (κ1) is 17.8. The van der Waals surface area contributed by atoms with Crippen LogP contribution in [0, 0.1) is 5.82 Å². The van der Waals surface area contributed by atoms with Crippen molar-refractivity contribution in [1.82, 2.24) is 4.98 Å². The third-order valence-electron chi connectivity index (χ3n) is 3.96. The highest BCUT2D eigenvalue weighted by Gasteiger charge is 2.19. The Balaban J connectivity index is 1.82. The molecular formula is C19H15Cl2FN2O. The minimum absolute atomic E-state index is 0.385. The van der Waals surface area contributed by atoms with E-state index in [1.807, 2.05) is 0 Å². The quantitative estimate of drug-likeness (QED) is 0.678. The highest BCUT2D eigenvalue weighted by Crippen LogP contribution is 2.32. The van der Waals surface area contributed by atoms with Crippen LogP contribution >= 0.6 is 23.2 Å². The Hall–Kier alpha value is -1.98. The van der Waals surface area contributed by atoms with E-state index in [-0.39, 0.29) is 0 Å². The van der Waals surface area contributed by atoms with Crippen LogP contribution in [0.4, 0.5) is 4.39 Å². The number of nitrogens with zero attached hydrogens (tertiary/aromatic N) is 1. The summed E-state index contributed by atoms with van der Waals surface area (Å²) >= 11 is 11.9. The van der Waals surface area contributed by atoms with Crippen LogP contribution in [0.15, 0.2) is 60.9 Å². The molecule has 0 fully saturated rings. The number of nitrogens with two attached hydrogens (primary N) is 1. The molecule has 0 amide bonds. The number of aliphatic hydroxyl groups excluding tert-OH is 1. The van der Waals surface area contributed by atoms with Crippen LogP contribution in [0.5, 0.6) is 0 Å². The minimum Gasteiger partial charge on any atom is -0.386 e. The Kier molecular flexibility index (Phi) is 5.35. The number of halogens is 3. The van der Waals surface area contributed by atoms with Crippen molar-refractivity contribution >= 4 is 23.2 Å². The van der Waals surface area contributed by atoms with Gasteiger partial charge in [-0.15, -0.1) is 0 Å². The van der Waals surface area contributed by atoms with Crippen molar-refractivity contribution in [3.05, 3.63) is 87.9 Å². The summed E-state index contributed by atoms with van der Waals surface area (Å²) < 4.78 is 13.3. The summed E-state index contributed by atoms with van der Waals surface area (Å²) in [5, 5.41) is 11.4. The molecule has 3 nitrogen and oxygen atoms in total. The van der Waals surface area contributed by atoms with Gasteiger partial charge in [0, 0.05) is 11.8 Å². The first-order valence-corrected chi connectivity index (χ1v) is 8.31. The Morgan fingerprint density at radius 3 is 2.20 bits per heavy atom. The zero-order chi connectivity index (χ0) is 18.0. The summed E-state index contributed by atoms with van der Waals surface area (Å²) in [4.78, 5) is 3.83. The van der Waals surface area contributed by atoms with Crippen molar-refractivity contribution < 1.29 is 9.50 Å². The summed E-state index contributed by atoms with van der Waals surface area (Å²) in [6, 6.07) is 12.8. The van der Waals surface area contributed by atoms with E-state index in [4.69, 9.17) is 28.9 Å². The number of aliphatic hydroxyl groups is 1. The molecule has 0 aliphatic rings. The van der Waals surface area contributed by atoms with Crippen molar-refractivity contribution in [3.63, 3.8) is 0 Å². The van der Waals surface area contributed by atoms with E-state index in [0.29, 0.717) is 26.7 Å². The summed E-state index contributed by atoms with van der Waals surface area (Å²) in [7, 11) is 0. The lowest BCUT2D eigenvalue weighted by Gasteiger charge is -2.20. The molecule has 0 radical (unpaired) electrons. The maximum Gasteiger partial charge on any atom is 0.142 e. The predicted molar refractivity (Wildman–Crippen MR) is 98.0 cm³/mol. The molecule has 2 atom stereocenters. The van der Waals surface area contributed by atoms with E-state index < -0.39 is 18.0 Å². The molecular weight excluding hydrogens is 362 g/mol. The van der Waals surface area contributed by atoms with Crippen LogP contribution in [-0.2, 0) is 0 Å². The topological polar surface area (TPSA) is 59.1 Å². The Morgan fingerprint density at radius 1 is 0.880 bits per heavy atom. The second kappa shape index (κ2) is 7.50. The number of aromatic nitrogens is 1. The van der Waals surface area contributed by atoms with Gasteiger partial charge in [-0.2, -0.15) is 0 Å². The molecule has 0 bridgehead atoms. The van der Waals surface area contributed by atoms with Gasteiger partial charge in [0.1, 0.15) is 5.82 Å². The molecule has 3 aromatic rings. The number of hydrogen-bond acceptors (Lipinski definition) is 3. The summed E-state index contributed by atoms with van der Waals surface area (Å²) in [5.41, 5.74) is 8.93. The van der Waals surface area contributed by atoms with Crippen molar-refractivity contribution in [2.45, 2.75) is 12.1 Å². The first-order chi connectivity index (χ1) is 12.0. The van der Waals surface area contributed by atoms with Gasteiger partial charge in [-0.3, -0.25) is 4.98 Å². The van der Waals surface area contributed by atoms with Gasteiger partial charge in [0.2, 0.25) is 0 Å². The van der Waals surface area contributed by atoms with E-state index in [0.717, 1.165) is 11.8 Å². The first-order valence-electron chi connectivity index (χ1n) is 7.55. The smallest absolute Gasteiger partial charge is 0.142 e. The van der Waals surface area contributed by atoms with Crippen LogP contribution in [0.25, 0.3) is 11.1 Å². The fourth-order valence-electron chi connectivity index (χ4n) is 2.55. The predicted octanol–water partition coefficient (Wildman–Crippen LogP) is 4.93. The molecule has 3 N–H and O–H groups in total. The largest absolute Gasteiger partial charge is 0.386 e. The summed E-state index contributed by atoms with van der Waals surface area (Å²) in [6.45, 7) is 0. The molecule has 0 aliphatic carbocycles. The normalized spacial score (nSPS) is 13.5. The molecule has 0 saturated carbocycles. The van der Waals surface area contributed by atoms with Gasteiger partial charge in [-0.25, -0.2) is 4.39 Å². The average molecular weight is 377 g/mol. The van der Waals surface area contributed by atoms with Gasteiger partial charge in [0.15, 0.2) is 0 Å². The Bertz CT molecular complexity index is 887. The van der Waals surface area contributed by atoms with Gasteiger partial charge < -0.3 is 10.8 Å². The standard InChI is InChI=1S/C19H15Cl2FN2O/c20-16-6-5-13(8-17(16)21)18(23)19(25)12-3-1-11(2-4-12)14-7-15(22)10-24-9-14/h1-10,18-19,25H,23H2/t18-,19+/m1/s1. The number of hydrogen-bond donors (Lipinski definition) is 2. The molecule has 0 saturated heterocycles. The van der Waals surface area contributed by atoms with E-state index in [9.17, 15) is 9.50 Å². The van der Waals surface area contributed by atoms with E-state index in [1.165, 1.54) is 6.07 Å². The van der Waals surface area contributed by atoms with Gasteiger partial charge in [0.25, 0.3) is 0 Å². The zero-order valence-electron chi connectivity index (χ0n) is 13.0. The molecule has 128 valence electrons. The fourth-order valence-corrected chi connectivity index (χ4v) is 2.86. The van der Waals surface area contributed by atoms with Crippen LogP contribution < -0.4 is 5.73 Å². The molecule has 0 aliphatic heterocycles. The van der Waals surface area contributed by atoms with Gasteiger partial charge in [-0.1, -0.05) is 53.5 Å². The van der Waals surface area contributed by atoms with Crippen molar-refractivity contribution in [2.75, 3.05) is 0 Å². The van der Waals surface area contributed by atoms with Crippen molar-refractivity contribution in [2.24, 2.45) is 5.73 Å². The molecule has 1 aromatic heterocycles.